The number of benzene rings is 1. The Morgan fingerprint density at radius 2 is 2.16 bits per heavy atom. The second-order valence-corrected chi connectivity index (χ2v) is 3.75. The van der Waals surface area contributed by atoms with Crippen molar-refractivity contribution in [3.05, 3.63) is 35.6 Å². The first-order valence-corrected chi connectivity index (χ1v) is 5.77. The van der Waals surface area contributed by atoms with Crippen molar-refractivity contribution in [2.24, 2.45) is 0 Å². The maximum absolute atomic E-state index is 12.7. The van der Waals surface area contributed by atoms with Gasteiger partial charge in [-0.1, -0.05) is 12.1 Å². The zero-order chi connectivity index (χ0) is 13.7. The number of ether oxygens (including phenoxy) is 1. The van der Waals surface area contributed by atoms with Crippen LogP contribution in [0.5, 0.6) is 6.01 Å². The minimum Gasteiger partial charge on any atom is -0.463 e. The average molecular weight is 264 g/mol. The molecule has 1 aromatic heterocycles. The molecule has 0 radical (unpaired) electrons. The van der Waals surface area contributed by atoms with Crippen molar-refractivity contribution in [2.75, 3.05) is 11.9 Å². The van der Waals surface area contributed by atoms with E-state index < -0.39 is 0 Å². The minimum atomic E-state index is -0.333. The van der Waals surface area contributed by atoms with Crippen molar-refractivity contribution in [3.8, 4) is 6.01 Å². The number of carbonyl (C=O) groups is 1. The molecule has 0 saturated carbocycles. The Morgan fingerprint density at radius 3 is 2.84 bits per heavy atom. The van der Waals surface area contributed by atoms with E-state index in [1.54, 1.807) is 12.1 Å². The Hall–Kier alpha value is -2.44. The first-order valence-electron chi connectivity index (χ1n) is 5.77. The van der Waals surface area contributed by atoms with Gasteiger partial charge in [-0.2, -0.15) is 4.98 Å². The molecule has 0 aliphatic heterocycles. The largest absolute Gasteiger partial charge is 0.463 e. The van der Waals surface area contributed by atoms with E-state index in [0.29, 0.717) is 12.2 Å². The van der Waals surface area contributed by atoms with Crippen LogP contribution in [0.4, 0.5) is 10.3 Å². The number of H-pyrrole nitrogens is 1. The standard InChI is InChI=1S/C12H13FN4O2/c1-2-19-12-15-11(16-17-12)14-10(18)7-8-3-5-9(13)6-4-8/h3-6H,2,7H2,1H3,(H2,14,15,16,17,18). The predicted octanol–water partition coefficient (Wildman–Crippen LogP) is 1.52. The van der Waals surface area contributed by atoms with Crippen molar-refractivity contribution < 1.29 is 13.9 Å². The average Bonchev–Trinajstić information content (AvgIpc) is 2.80. The van der Waals surface area contributed by atoms with Gasteiger partial charge in [-0.25, -0.2) is 9.49 Å². The summed E-state index contributed by atoms with van der Waals surface area (Å²) in [5.74, 6) is -0.387. The normalized spacial score (nSPS) is 10.2. The summed E-state index contributed by atoms with van der Waals surface area (Å²) in [4.78, 5) is 15.6. The van der Waals surface area contributed by atoms with Crippen molar-refractivity contribution in [2.45, 2.75) is 13.3 Å². The number of nitrogens with one attached hydrogen (secondary N) is 2. The third-order valence-corrected chi connectivity index (χ3v) is 2.27. The fourth-order valence-corrected chi connectivity index (χ4v) is 1.46. The van der Waals surface area contributed by atoms with Crippen molar-refractivity contribution in [3.63, 3.8) is 0 Å². The molecular formula is C12H13FN4O2. The minimum absolute atomic E-state index is 0.130. The number of hydrogen-bond acceptors (Lipinski definition) is 4. The van der Waals surface area contributed by atoms with Crippen molar-refractivity contribution in [1.29, 1.82) is 0 Å². The first kappa shape index (κ1) is 13.0. The number of rotatable bonds is 5. The SMILES string of the molecule is CCOc1n[nH]c(NC(=O)Cc2ccc(F)cc2)n1. The molecule has 0 bridgehead atoms. The number of nitrogens with zero attached hydrogens (tertiary/aromatic N) is 2. The van der Waals surface area contributed by atoms with Crippen LogP contribution in [-0.2, 0) is 11.2 Å². The van der Waals surface area contributed by atoms with E-state index in [9.17, 15) is 9.18 Å². The molecule has 19 heavy (non-hydrogen) atoms. The molecule has 7 heteroatoms. The Morgan fingerprint density at radius 1 is 1.42 bits per heavy atom. The highest BCUT2D eigenvalue weighted by Gasteiger charge is 2.08. The second-order valence-electron chi connectivity index (χ2n) is 3.75. The monoisotopic (exact) mass is 264 g/mol. The lowest BCUT2D eigenvalue weighted by molar-refractivity contribution is -0.115. The van der Waals surface area contributed by atoms with Crippen LogP contribution in [0.1, 0.15) is 12.5 Å². The fraction of sp³-hybridized carbons (Fsp3) is 0.250. The molecule has 100 valence electrons. The Balaban J connectivity index is 1.91. The fourth-order valence-electron chi connectivity index (χ4n) is 1.46. The number of anilines is 1. The van der Waals surface area contributed by atoms with Gasteiger partial charge in [0.25, 0.3) is 0 Å². The van der Waals surface area contributed by atoms with Crippen LogP contribution in [-0.4, -0.2) is 27.7 Å². The molecule has 2 N–H and O–H groups in total. The Bertz CT molecular complexity index is 553. The lowest BCUT2D eigenvalue weighted by Crippen LogP contribution is -2.15. The van der Waals surface area contributed by atoms with Crippen LogP contribution in [0.3, 0.4) is 0 Å². The van der Waals surface area contributed by atoms with Gasteiger partial charge in [-0.3, -0.25) is 10.1 Å². The van der Waals surface area contributed by atoms with E-state index in [2.05, 4.69) is 20.5 Å². The number of hydrogen-bond donors (Lipinski definition) is 2. The molecule has 0 aliphatic rings. The number of aromatic amines is 1. The molecule has 2 aromatic rings. The molecule has 0 unspecified atom stereocenters. The summed E-state index contributed by atoms with van der Waals surface area (Å²) in [6.45, 7) is 2.25. The quantitative estimate of drug-likeness (QED) is 0.858. The third kappa shape index (κ3) is 3.77. The summed E-state index contributed by atoms with van der Waals surface area (Å²) < 4.78 is 17.8. The van der Waals surface area contributed by atoms with Crippen LogP contribution < -0.4 is 10.1 Å². The van der Waals surface area contributed by atoms with Crippen LogP contribution in [0, 0.1) is 5.82 Å². The molecule has 0 atom stereocenters. The molecule has 6 nitrogen and oxygen atoms in total. The van der Waals surface area contributed by atoms with Gasteiger partial charge in [0.15, 0.2) is 0 Å². The van der Waals surface area contributed by atoms with Crippen LogP contribution in [0.2, 0.25) is 0 Å². The molecule has 0 fully saturated rings. The van der Waals surface area contributed by atoms with Gasteiger partial charge in [0.05, 0.1) is 13.0 Å². The van der Waals surface area contributed by atoms with E-state index >= 15 is 0 Å². The molecule has 0 saturated heterocycles. The maximum atomic E-state index is 12.7. The molecule has 1 heterocycles. The van der Waals surface area contributed by atoms with Gasteiger partial charge in [0.2, 0.25) is 11.9 Å². The van der Waals surface area contributed by atoms with E-state index in [-0.39, 0.29) is 30.1 Å². The van der Waals surface area contributed by atoms with Gasteiger partial charge in [0, 0.05) is 0 Å². The highest BCUT2D eigenvalue weighted by Crippen LogP contribution is 2.07. The van der Waals surface area contributed by atoms with Crippen LogP contribution in [0.15, 0.2) is 24.3 Å². The Labute approximate surface area is 109 Å². The molecule has 2 rings (SSSR count). The zero-order valence-electron chi connectivity index (χ0n) is 10.3. The lowest BCUT2D eigenvalue weighted by atomic mass is 10.1. The zero-order valence-corrected chi connectivity index (χ0v) is 10.3. The molecule has 0 spiro atoms. The topological polar surface area (TPSA) is 79.9 Å². The van der Waals surface area contributed by atoms with Gasteiger partial charge >= 0.3 is 6.01 Å². The summed E-state index contributed by atoms with van der Waals surface area (Å²) in [6, 6.07) is 5.91. The Kier molecular flexibility index (Phi) is 4.07. The van der Waals surface area contributed by atoms with Gasteiger partial charge in [-0.05, 0) is 24.6 Å². The summed E-state index contributed by atoms with van der Waals surface area (Å²) in [6.07, 6.45) is 0.130. The highest BCUT2D eigenvalue weighted by atomic mass is 19.1. The number of carbonyl (C=O) groups excluding carboxylic acids is 1. The van der Waals surface area contributed by atoms with Gasteiger partial charge in [-0.15, -0.1) is 5.10 Å². The van der Waals surface area contributed by atoms with Gasteiger partial charge in [0.1, 0.15) is 5.82 Å². The van der Waals surface area contributed by atoms with Crippen molar-refractivity contribution in [1.82, 2.24) is 15.2 Å². The maximum Gasteiger partial charge on any atom is 0.337 e. The molecular weight excluding hydrogens is 251 g/mol. The van der Waals surface area contributed by atoms with Crippen LogP contribution in [0.25, 0.3) is 0 Å². The van der Waals surface area contributed by atoms with E-state index in [4.69, 9.17) is 4.74 Å². The summed E-state index contributed by atoms with van der Waals surface area (Å²) in [5, 5.41) is 8.84. The lowest BCUT2D eigenvalue weighted by Gasteiger charge is -2.01. The first-order chi connectivity index (χ1) is 9.17. The summed E-state index contributed by atoms with van der Waals surface area (Å²) in [5.41, 5.74) is 0.712. The number of amides is 1. The smallest absolute Gasteiger partial charge is 0.337 e. The van der Waals surface area contributed by atoms with Gasteiger partial charge < -0.3 is 4.74 Å². The van der Waals surface area contributed by atoms with Crippen LogP contribution >= 0.6 is 0 Å². The highest BCUT2D eigenvalue weighted by molar-refractivity contribution is 5.90. The summed E-state index contributed by atoms with van der Waals surface area (Å²) in [7, 11) is 0. The number of aromatic nitrogens is 3. The summed E-state index contributed by atoms with van der Waals surface area (Å²) >= 11 is 0. The number of halogens is 1. The van der Waals surface area contributed by atoms with E-state index in [0.717, 1.165) is 0 Å². The predicted molar refractivity (Wildman–Crippen MR) is 66.3 cm³/mol. The molecule has 0 aliphatic carbocycles. The van der Waals surface area contributed by atoms with Crippen molar-refractivity contribution >= 4 is 11.9 Å². The molecule has 1 aromatic carbocycles. The molecule has 1 amide bonds. The second kappa shape index (κ2) is 5.94. The van der Waals surface area contributed by atoms with E-state index in [1.807, 2.05) is 6.92 Å². The third-order valence-electron chi connectivity index (χ3n) is 2.27. The van der Waals surface area contributed by atoms with E-state index in [1.165, 1.54) is 12.1 Å².